The van der Waals surface area contributed by atoms with Gasteiger partial charge in [-0.25, -0.2) is 0 Å². The minimum atomic E-state index is -0.137. The number of nitrogens with one attached hydrogen (secondary N) is 1. The molecule has 3 atom stereocenters. The molecule has 2 fully saturated rings. The Hall–Kier alpha value is -1.36. The van der Waals surface area contributed by atoms with Gasteiger partial charge in [0.05, 0.1) is 24.4 Å². The molecule has 2 aromatic rings. The zero-order chi connectivity index (χ0) is 18.9. The zero-order valence-electron chi connectivity index (χ0n) is 16.1. The summed E-state index contributed by atoms with van der Waals surface area (Å²) in [4.78, 5) is 0. The molecule has 2 aliphatic heterocycles. The van der Waals surface area contributed by atoms with E-state index in [9.17, 15) is 0 Å². The predicted molar refractivity (Wildman–Crippen MR) is 112 cm³/mol. The van der Waals surface area contributed by atoms with Gasteiger partial charge in [0.15, 0.2) is 0 Å². The van der Waals surface area contributed by atoms with Crippen LogP contribution in [0.1, 0.15) is 56.2 Å². The summed E-state index contributed by atoms with van der Waals surface area (Å²) in [6.07, 6.45) is 3.44. The molecule has 0 bridgehead atoms. The number of rotatable bonds is 4. The number of ether oxygens (including phenoxy) is 2. The van der Waals surface area contributed by atoms with Crippen molar-refractivity contribution in [2.45, 2.75) is 56.8 Å². The van der Waals surface area contributed by atoms with Gasteiger partial charge in [0, 0.05) is 16.0 Å². The molecule has 144 valence electrons. The summed E-state index contributed by atoms with van der Waals surface area (Å²) in [5.41, 5.74) is 2.44. The van der Waals surface area contributed by atoms with Gasteiger partial charge in [-0.15, -0.1) is 0 Å². The number of halogens is 1. The van der Waals surface area contributed by atoms with Gasteiger partial charge in [-0.1, -0.05) is 46.3 Å². The normalized spacial score (nSPS) is 28.0. The lowest BCUT2D eigenvalue weighted by atomic mass is 9.77. The Morgan fingerprint density at radius 1 is 1.19 bits per heavy atom. The molecular formula is C23H28BrNO2. The maximum Gasteiger partial charge on any atom is 0.123 e. The zero-order valence-corrected chi connectivity index (χ0v) is 17.7. The van der Waals surface area contributed by atoms with Crippen molar-refractivity contribution in [1.82, 2.24) is 5.32 Å². The predicted octanol–water partition coefficient (Wildman–Crippen LogP) is 5.60. The molecule has 2 saturated heterocycles. The van der Waals surface area contributed by atoms with E-state index in [1.807, 2.05) is 0 Å². The lowest BCUT2D eigenvalue weighted by molar-refractivity contribution is -0.0484. The van der Waals surface area contributed by atoms with Crippen molar-refractivity contribution >= 4 is 15.9 Å². The van der Waals surface area contributed by atoms with Crippen molar-refractivity contribution < 1.29 is 9.47 Å². The Bertz CT molecular complexity index is 779. The van der Waals surface area contributed by atoms with Gasteiger partial charge in [0.1, 0.15) is 5.75 Å². The summed E-state index contributed by atoms with van der Waals surface area (Å²) in [7, 11) is 0. The second-order valence-corrected chi connectivity index (χ2v) is 8.94. The number of piperidine rings is 1. The van der Waals surface area contributed by atoms with E-state index in [0.29, 0.717) is 5.92 Å². The number of benzene rings is 2. The van der Waals surface area contributed by atoms with Gasteiger partial charge in [0.25, 0.3) is 0 Å². The average Bonchev–Trinajstić information content (AvgIpc) is 3.08. The van der Waals surface area contributed by atoms with Gasteiger partial charge in [-0.2, -0.15) is 0 Å². The lowest BCUT2D eigenvalue weighted by Crippen LogP contribution is -2.48. The second-order valence-electron chi connectivity index (χ2n) is 8.03. The van der Waals surface area contributed by atoms with E-state index in [0.717, 1.165) is 42.6 Å². The average molecular weight is 430 g/mol. The summed E-state index contributed by atoms with van der Waals surface area (Å²) in [5, 5.41) is 3.73. The second kappa shape index (κ2) is 7.94. The minimum absolute atomic E-state index is 0.137. The summed E-state index contributed by atoms with van der Waals surface area (Å²) < 4.78 is 13.8. The molecule has 2 aromatic carbocycles. The van der Waals surface area contributed by atoms with Crippen LogP contribution in [0.4, 0.5) is 0 Å². The van der Waals surface area contributed by atoms with Crippen LogP contribution >= 0.6 is 15.9 Å². The molecule has 0 unspecified atom stereocenters. The van der Waals surface area contributed by atoms with Gasteiger partial charge in [0.2, 0.25) is 0 Å². The molecule has 0 aromatic heterocycles. The molecule has 0 radical (unpaired) electrons. The molecule has 2 aliphatic rings. The van der Waals surface area contributed by atoms with E-state index in [-0.39, 0.29) is 17.7 Å². The van der Waals surface area contributed by atoms with E-state index in [4.69, 9.17) is 9.47 Å². The van der Waals surface area contributed by atoms with Crippen LogP contribution in [0.15, 0.2) is 53.0 Å². The first-order chi connectivity index (χ1) is 13.1. The van der Waals surface area contributed by atoms with Crippen LogP contribution in [0.2, 0.25) is 0 Å². The van der Waals surface area contributed by atoms with Crippen LogP contribution in [0, 0.1) is 0 Å². The molecule has 3 nitrogen and oxygen atoms in total. The van der Waals surface area contributed by atoms with E-state index in [1.165, 1.54) is 11.1 Å². The van der Waals surface area contributed by atoms with Gasteiger partial charge < -0.3 is 14.8 Å². The number of hydrogen-bond donors (Lipinski definition) is 1. The topological polar surface area (TPSA) is 30.5 Å². The highest BCUT2D eigenvalue weighted by atomic mass is 79.9. The molecule has 27 heavy (non-hydrogen) atoms. The Labute approximate surface area is 170 Å². The Morgan fingerprint density at radius 2 is 2.00 bits per heavy atom. The van der Waals surface area contributed by atoms with E-state index in [1.54, 1.807) is 0 Å². The third-order valence-corrected chi connectivity index (χ3v) is 6.22. The molecule has 1 spiro atoms. The van der Waals surface area contributed by atoms with Crippen molar-refractivity contribution in [3.63, 3.8) is 0 Å². The third-order valence-electron chi connectivity index (χ3n) is 5.72. The lowest BCUT2D eigenvalue weighted by Gasteiger charge is -2.41. The van der Waals surface area contributed by atoms with Gasteiger partial charge in [-0.05, 0) is 63.4 Å². The monoisotopic (exact) mass is 429 g/mol. The number of hydrogen-bond acceptors (Lipinski definition) is 3. The highest BCUT2D eigenvalue weighted by Crippen LogP contribution is 2.49. The van der Waals surface area contributed by atoms with E-state index in [2.05, 4.69) is 83.6 Å². The van der Waals surface area contributed by atoms with E-state index < -0.39 is 0 Å². The molecule has 0 amide bonds. The van der Waals surface area contributed by atoms with E-state index >= 15 is 0 Å². The summed E-state index contributed by atoms with van der Waals surface area (Å²) in [6, 6.07) is 17.3. The smallest absolute Gasteiger partial charge is 0.123 e. The summed E-state index contributed by atoms with van der Waals surface area (Å²) in [5.74, 6) is 1.33. The maximum atomic E-state index is 6.58. The Balaban J connectivity index is 1.63. The molecule has 4 rings (SSSR count). The molecule has 1 N–H and O–H groups in total. The quantitative estimate of drug-likeness (QED) is 0.685. The molecule has 4 heteroatoms. The van der Waals surface area contributed by atoms with Crippen LogP contribution in [0.5, 0.6) is 5.75 Å². The Morgan fingerprint density at radius 3 is 2.78 bits per heavy atom. The van der Waals surface area contributed by atoms with Crippen molar-refractivity contribution in [2.75, 3.05) is 13.2 Å². The van der Waals surface area contributed by atoms with Crippen LogP contribution in [-0.2, 0) is 4.74 Å². The fraction of sp³-hybridized carbons (Fsp3) is 0.478. The minimum Gasteiger partial charge on any atom is -0.491 e. The molecule has 2 heterocycles. The van der Waals surface area contributed by atoms with Crippen LogP contribution in [0.25, 0.3) is 0 Å². The van der Waals surface area contributed by atoms with Crippen LogP contribution in [-0.4, -0.2) is 24.9 Å². The summed E-state index contributed by atoms with van der Waals surface area (Å²) in [6.45, 7) is 5.95. The maximum absolute atomic E-state index is 6.58. The van der Waals surface area contributed by atoms with Crippen molar-refractivity contribution in [3.8, 4) is 5.75 Å². The van der Waals surface area contributed by atoms with Crippen LogP contribution < -0.4 is 10.1 Å². The summed E-state index contributed by atoms with van der Waals surface area (Å²) >= 11 is 3.64. The van der Waals surface area contributed by atoms with Crippen molar-refractivity contribution in [2.24, 2.45) is 0 Å². The van der Waals surface area contributed by atoms with Gasteiger partial charge in [-0.3, -0.25) is 0 Å². The first-order valence-electron chi connectivity index (χ1n) is 9.96. The molecular weight excluding hydrogens is 402 g/mol. The fourth-order valence-electron chi connectivity index (χ4n) is 4.61. The molecule has 0 aliphatic carbocycles. The fourth-order valence-corrected chi connectivity index (χ4v) is 4.99. The first kappa shape index (κ1) is 19.0. The first-order valence-corrected chi connectivity index (χ1v) is 10.7. The van der Waals surface area contributed by atoms with Crippen molar-refractivity contribution in [1.29, 1.82) is 0 Å². The SMILES string of the molecule is CC(C)Oc1ccc(Br)cc1[C@H]1CO[C@]2(CCCN[C@H]2c2ccccc2)C1. The largest absolute Gasteiger partial charge is 0.491 e. The molecule has 0 saturated carbocycles. The third kappa shape index (κ3) is 3.94. The Kier molecular flexibility index (Phi) is 5.58. The van der Waals surface area contributed by atoms with Crippen LogP contribution in [0.3, 0.4) is 0 Å². The highest BCUT2D eigenvalue weighted by molar-refractivity contribution is 9.10. The highest BCUT2D eigenvalue weighted by Gasteiger charge is 2.49. The van der Waals surface area contributed by atoms with Gasteiger partial charge >= 0.3 is 0 Å². The van der Waals surface area contributed by atoms with Crippen molar-refractivity contribution in [3.05, 3.63) is 64.1 Å². The standard InChI is InChI=1S/C23H28BrNO2/c1-16(2)27-21-10-9-19(24)13-20(21)18-14-23(26-15-18)11-6-12-25-22(23)17-7-4-3-5-8-17/h3-5,7-10,13,16,18,22,25H,6,11-12,14-15H2,1-2H3/t18-,22+,23-/m1/s1.